The van der Waals surface area contributed by atoms with Crippen LogP contribution in [0.4, 0.5) is 18.9 Å². The summed E-state index contributed by atoms with van der Waals surface area (Å²) in [6.07, 6.45) is 0.357. The summed E-state index contributed by atoms with van der Waals surface area (Å²) in [4.78, 5) is 16.4. The Labute approximate surface area is 182 Å². The monoisotopic (exact) mass is 447 g/mol. The Morgan fingerprint density at radius 3 is 2.35 bits per heavy atom. The van der Waals surface area contributed by atoms with Gasteiger partial charge in [-0.1, -0.05) is 11.6 Å². The van der Waals surface area contributed by atoms with Gasteiger partial charge in [0.2, 0.25) is 0 Å². The molecule has 1 heterocycles. The molecule has 162 valence electrons. The average Bonchev–Trinajstić information content (AvgIpc) is 2.75. The minimum atomic E-state index is -2.67. The van der Waals surface area contributed by atoms with Crippen molar-refractivity contribution in [1.29, 1.82) is 0 Å². The fourth-order valence-corrected chi connectivity index (χ4v) is 4.09. The number of carbonyl (C=O) groups is 1. The third-order valence-corrected chi connectivity index (χ3v) is 5.78. The Kier molecular flexibility index (Phi) is 6.32. The van der Waals surface area contributed by atoms with E-state index in [1.807, 2.05) is 0 Å². The summed E-state index contributed by atoms with van der Waals surface area (Å²) in [5, 5.41) is 7.56. The van der Waals surface area contributed by atoms with E-state index >= 15 is 0 Å². The lowest BCUT2D eigenvalue weighted by molar-refractivity contribution is 0.0926. The van der Waals surface area contributed by atoms with Gasteiger partial charge < -0.3 is 10.6 Å². The molecule has 0 bridgehead atoms. The molecule has 1 aliphatic carbocycles. The van der Waals surface area contributed by atoms with Crippen molar-refractivity contribution in [2.24, 2.45) is 0 Å². The first-order valence-corrected chi connectivity index (χ1v) is 10.5. The zero-order chi connectivity index (χ0) is 22.0. The maximum atomic E-state index is 13.3. The van der Waals surface area contributed by atoms with Crippen LogP contribution in [0.15, 0.2) is 48.5 Å². The van der Waals surface area contributed by atoms with Crippen molar-refractivity contribution in [2.75, 3.05) is 5.32 Å². The van der Waals surface area contributed by atoms with Gasteiger partial charge in [0.15, 0.2) is 0 Å². The van der Waals surface area contributed by atoms with E-state index in [0.29, 0.717) is 27.2 Å². The van der Waals surface area contributed by atoms with Crippen molar-refractivity contribution in [1.82, 2.24) is 10.3 Å². The van der Waals surface area contributed by atoms with Crippen LogP contribution in [0, 0.1) is 5.82 Å². The smallest absolute Gasteiger partial charge is 0.280 e. The molecule has 0 aliphatic heterocycles. The van der Waals surface area contributed by atoms with E-state index in [4.69, 9.17) is 11.6 Å². The van der Waals surface area contributed by atoms with Crippen LogP contribution >= 0.6 is 11.6 Å². The number of benzene rings is 2. The number of fused-ring (bicyclic) bond motifs is 1. The number of hydrogen-bond donors (Lipinski definition) is 2. The van der Waals surface area contributed by atoms with E-state index < -0.39 is 6.43 Å². The van der Waals surface area contributed by atoms with E-state index in [1.165, 1.54) is 30.3 Å². The van der Waals surface area contributed by atoms with E-state index in [1.54, 1.807) is 18.2 Å². The quantitative estimate of drug-likeness (QED) is 0.495. The van der Waals surface area contributed by atoms with Crippen LogP contribution in [0.25, 0.3) is 10.9 Å². The van der Waals surface area contributed by atoms with E-state index in [2.05, 4.69) is 15.6 Å². The maximum absolute atomic E-state index is 13.3. The third kappa shape index (κ3) is 5.10. The Balaban J connectivity index is 1.42. The van der Waals surface area contributed by atoms with Crippen molar-refractivity contribution in [3.05, 3.63) is 70.6 Å². The second-order valence-corrected chi connectivity index (χ2v) is 8.17. The van der Waals surface area contributed by atoms with Crippen molar-refractivity contribution in [3.63, 3.8) is 0 Å². The molecule has 2 N–H and O–H groups in total. The minimum absolute atomic E-state index is 0.0101. The molecule has 4 rings (SSSR count). The summed E-state index contributed by atoms with van der Waals surface area (Å²) in [6.45, 7) is 0. The Bertz CT molecular complexity index is 1080. The standard InChI is InChI=1S/C23H21ClF3N3O/c24-14-3-10-19-18(11-14)20(12-21(30-19)22(26)27)28-16-6-8-17(9-7-16)29-23(31)13-1-4-15(25)5-2-13/h1-5,10-12,16-17,22H,6-9H2,(H,28,30)(H,29,31). The van der Waals surface area contributed by atoms with Crippen LogP contribution in [-0.2, 0) is 0 Å². The molecule has 0 radical (unpaired) electrons. The molecule has 4 nitrogen and oxygen atoms in total. The number of nitrogens with zero attached hydrogens (tertiary/aromatic N) is 1. The van der Waals surface area contributed by atoms with Gasteiger partial charge in [0.05, 0.1) is 5.52 Å². The summed E-state index contributed by atoms with van der Waals surface area (Å²) in [5.74, 6) is -0.615. The molecule has 3 aromatic rings. The molecule has 1 fully saturated rings. The zero-order valence-corrected chi connectivity index (χ0v) is 17.3. The summed E-state index contributed by atoms with van der Waals surface area (Å²) < 4.78 is 39.6. The van der Waals surface area contributed by atoms with Gasteiger partial charge in [-0.15, -0.1) is 0 Å². The van der Waals surface area contributed by atoms with E-state index in [9.17, 15) is 18.0 Å². The number of hydrogen-bond acceptors (Lipinski definition) is 3. The van der Waals surface area contributed by atoms with Gasteiger partial charge in [0, 0.05) is 33.7 Å². The SMILES string of the molecule is O=C(NC1CCC(Nc2cc(C(F)F)nc3ccc(Cl)cc23)CC1)c1ccc(F)cc1. The van der Waals surface area contributed by atoms with Crippen LogP contribution in [0.1, 0.15) is 48.2 Å². The lowest BCUT2D eigenvalue weighted by Crippen LogP contribution is -2.40. The summed E-state index contributed by atoms with van der Waals surface area (Å²) in [6, 6.07) is 11.9. The van der Waals surface area contributed by atoms with E-state index in [0.717, 1.165) is 25.7 Å². The average molecular weight is 448 g/mol. The minimum Gasteiger partial charge on any atom is -0.382 e. The molecule has 31 heavy (non-hydrogen) atoms. The molecule has 1 aliphatic rings. The molecule has 1 aromatic heterocycles. The highest BCUT2D eigenvalue weighted by Gasteiger charge is 2.24. The van der Waals surface area contributed by atoms with Crippen molar-refractivity contribution in [3.8, 4) is 0 Å². The highest BCUT2D eigenvalue weighted by molar-refractivity contribution is 6.31. The number of amides is 1. The van der Waals surface area contributed by atoms with Crippen LogP contribution < -0.4 is 10.6 Å². The molecule has 0 spiro atoms. The first-order valence-electron chi connectivity index (χ1n) is 10.1. The van der Waals surface area contributed by atoms with Gasteiger partial charge in [0.1, 0.15) is 11.5 Å². The predicted octanol–water partition coefficient (Wildman–Crippen LogP) is 6.12. The number of carbonyl (C=O) groups excluding carboxylic acids is 1. The van der Waals surface area contributed by atoms with Gasteiger partial charge in [-0.3, -0.25) is 4.79 Å². The van der Waals surface area contributed by atoms with Crippen LogP contribution in [0.5, 0.6) is 0 Å². The Morgan fingerprint density at radius 1 is 1.00 bits per heavy atom. The van der Waals surface area contributed by atoms with Crippen LogP contribution in [-0.4, -0.2) is 23.0 Å². The van der Waals surface area contributed by atoms with Gasteiger partial charge in [-0.25, -0.2) is 18.2 Å². The van der Waals surface area contributed by atoms with Crippen LogP contribution in [0.2, 0.25) is 5.02 Å². The predicted molar refractivity (Wildman–Crippen MR) is 115 cm³/mol. The number of halogens is 4. The topological polar surface area (TPSA) is 54.0 Å². The molecule has 1 amide bonds. The number of nitrogens with one attached hydrogen (secondary N) is 2. The van der Waals surface area contributed by atoms with Gasteiger partial charge in [-0.2, -0.15) is 0 Å². The summed E-state index contributed by atoms with van der Waals surface area (Å²) >= 11 is 6.10. The Hall–Kier alpha value is -2.80. The summed E-state index contributed by atoms with van der Waals surface area (Å²) in [7, 11) is 0. The highest BCUT2D eigenvalue weighted by Crippen LogP contribution is 2.32. The second kappa shape index (κ2) is 9.14. The number of rotatable bonds is 5. The van der Waals surface area contributed by atoms with E-state index in [-0.39, 0.29) is 29.5 Å². The van der Waals surface area contributed by atoms with Crippen molar-refractivity contribution < 1.29 is 18.0 Å². The molecule has 2 aromatic carbocycles. The highest BCUT2D eigenvalue weighted by atomic mass is 35.5. The number of aromatic nitrogens is 1. The molecule has 8 heteroatoms. The normalized spacial score (nSPS) is 18.9. The largest absolute Gasteiger partial charge is 0.382 e. The second-order valence-electron chi connectivity index (χ2n) is 7.73. The lowest BCUT2D eigenvalue weighted by Gasteiger charge is -2.30. The van der Waals surface area contributed by atoms with Crippen molar-refractivity contribution in [2.45, 2.75) is 44.2 Å². The maximum Gasteiger partial charge on any atom is 0.280 e. The zero-order valence-electron chi connectivity index (χ0n) is 16.5. The van der Waals surface area contributed by atoms with Gasteiger partial charge >= 0.3 is 0 Å². The fraction of sp³-hybridized carbons (Fsp3) is 0.304. The van der Waals surface area contributed by atoms with Crippen LogP contribution in [0.3, 0.4) is 0 Å². The number of anilines is 1. The molecule has 0 atom stereocenters. The molecule has 0 saturated heterocycles. The first kappa shape index (κ1) is 21.4. The first-order chi connectivity index (χ1) is 14.9. The molecular formula is C23H21ClF3N3O. The number of alkyl halides is 2. The van der Waals surface area contributed by atoms with Gasteiger partial charge in [0.25, 0.3) is 12.3 Å². The number of pyridine rings is 1. The molecule has 1 saturated carbocycles. The molecular weight excluding hydrogens is 427 g/mol. The lowest BCUT2D eigenvalue weighted by atomic mass is 9.90. The molecule has 0 unspecified atom stereocenters. The third-order valence-electron chi connectivity index (χ3n) is 5.54. The fourth-order valence-electron chi connectivity index (χ4n) is 3.92. The van der Waals surface area contributed by atoms with Gasteiger partial charge in [-0.05, 0) is 74.2 Å². The Morgan fingerprint density at radius 2 is 1.68 bits per heavy atom. The summed E-state index contributed by atoms with van der Waals surface area (Å²) in [5.41, 5.74) is 1.19. The van der Waals surface area contributed by atoms with Crippen molar-refractivity contribution >= 4 is 34.1 Å².